The number of benzene rings is 2. The third-order valence-electron chi connectivity index (χ3n) is 5.25. The second-order valence-electron chi connectivity index (χ2n) is 7.38. The Balaban J connectivity index is 1.89. The van der Waals surface area contributed by atoms with Crippen LogP contribution in [0, 0.1) is 0 Å². The van der Waals surface area contributed by atoms with Gasteiger partial charge in [0, 0.05) is 48.9 Å². The summed E-state index contributed by atoms with van der Waals surface area (Å²) in [6, 6.07) is 9.37. The molecule has 9 heteroatoms. The molecule has 0 aliphatic rings. The second kappa shape index (κ2) is 9.11. The molecule has 0 unspecified atom stereocenters. The van der Waals surface area contributed by atoms with E-state index in [2.05, 4.69) is 25.9 Å². The molecule has 0 radical (unpaired) electrons. The van der Waals surface area contributed by atoms with Gasteiger partial charge in [0.05, 0.1) is 25.9 Å². The minimum Gasteiger partial charge on any atom is -0.497 e. The number of likely N-dealkylation sites (N-methyl/N-ethyl adjacent to an activating group) is 1. The van der Waals surface area contributed by atoms with Gasteiger partial charge >= 0.3 is 0 Å². The highest BCUT2D eigenvalue weighted by molar-refractivity contribution is 6.07. The Morgan fingerprint density at radius 1 is 1.06 bits per heavy atom. The first-order valence-electron chi connectivity index (χ1n) is 10.2. The van der Waals surface area contributed by atoms with E-state index >= 15 is 0 Å². The van der Waals surface area contributed by atoms with Crippen LogP contribution in [0.2, 0.25) is 0 Å². The number of aromatic amines is 1. The summed E-state index contributed by atoms with van der Waals surface area (Å²) in [5.74, 6) is 1.11. The SMILES string of the molecule is CNCCNC(=O)c1cc2c(-c3cnn(C)c3)n[nH]c2cc1-c1cc(OC)cc(OC)c1. The largest absolute Gasteiger partial charge is 0.497 e. The van der Waals surface area contributed by atoms with Crippen molar-refractivity contribution in [2.24, 2.45) is 7.05 Å². The second-order valence-corrected chi connectivity index (χ2v) is 7.38. The molecule has 0 saturated carbocycles. The Hall–Kier alpha value is -3.85. The van der Waals surface area contributed by atoms with Crippen molar-refractivity contribution in [2.45, 2.75) is 0 Å². The van der Waals surface area contributed by atoms with Crippen LogP contribution in [-0.2, 0) is 7.05 Å². The van der Waals surface area contributed by atoms with Crippen LogP contribution >= 0.6 is 0 Å². The van der Waals surface area contributed by atoms with Gasteiger partial charge < -0.3 is 20.1 Å². The monoisotopic (exact) mass is 434 g/mol. The minimum atomic E-state index is -0.169. The molecule has 0 spiro atoms. The van der Waals surface area contributed by atoms with Crippen molar-refractivity contribution < 1.29 is 14.3 Å². The Morgan fingerprint density at radius 2 is 1.81 bits per heavy atom. The maximum Gasteiger partial charge on any atom is 0.251 e. The van der Waals surface area contributed by atoms with E-state index < -0.39 is 0 Å². The minimum absolute atomic E-state index is 0.169. The Bertz CT molecular complexity index is 1240. The van der Waals surface area contributed by atoms with Gasteiger partial charge in [-0.3, -0.25) is 14.6 Å². The third kappa shape index (κ3) is 4.15. The smallest absolute Gasteiger partial charge is 0.251 e. The number of nitrogens with one attached hydrogen (secondary N) is 3. The number of rotatable bonds is 8. The van der Waals surface area contributed by atoms with Gasteiger partial charge in [0.2, 0.25) is 0 Å². The zero-order valence-electron chi connectivity index (χ0n) is 18.5. The maximum atomic E-state index is 13.2. The lowest BCUT2D eigenvalue weighted by Crippen LogP contribution is -2.30. The van der Waals surface area contributed by atoms with Gasteiger partial charge in [-0.05, 0) is 42.4 Å². The molecule has 0 aliphatic carbocycles. The van der Waals surface area contributed by atoms with Gasteiger partial charge in [-0.2, -0.15) is 10.2 Å². The highest BCUT2D eigenvalue weighted by Gasteiger charge is 2.19. The van der Waals surface area contributed by atoms with Gasteiger partial charge in [0.1, 0.15) is 17.2 Å². The molecule has 4 rings (SSSR count). The first-order chi connectivity index (χ1) is 15.5. The molecule has 0 bridgehead atoms. The number of nitrogens with zero attached hydrogens (tertiary/aromatic N) is 3. The van der Waals surface area contributed by atoms with Crippen molar-refractivity contribution >= 4 is 16.8 Å². The molecule has 3 N–H and O–H groups in total. The third-order valence-corrected chi connectivity index (χ3v) is 5.25. The number of hydrogen-bond acceptors (Lipinski definition) is 6. The van der Waals surface area contributed by atoms with Crippen LogP contribution in [-0.4, -0.2) is 60.2 Å². The normalized spacial score (nSPS) is 11.0. The molecule has 4 aromatic rings. The number of aryl methyl sites for hydroxylation is 1. The summed E-state index contributed by atoms with van der Waals surface area (Å²) in [6.07, 6.45) is 3.65. The number of carbonyl (C=O) groups is 1. The summed E-state index contributed by atoms with van der Waals surface area (Å²) in [7, 11) is 6.90. The quantitative estimate of drug-likeness (QED) is 0.368. The van der Waals surface area contributed by atoms with E-state index in [-0.39, 0.29) is 5.91 Å². The average molecular weight is 435 g/mol. The van der Waals surface area contributed by atoms with Crippen LogP contribution in [0.4, 0.5) is 0 Å². The summed E-state index contributed by atoms with van der Waals surface area (Å²) in [4.78, 5) is 13.2. The van der Waals surface area contributed by atoms with Gasteiger partial charge in [-0.25, -0.2) is 0 Å². The van der Waals surface area contributed by atoms with E-state index in [1.807, 2.05) is 44.6 Å². The zero-order chi connectivity index (χ0) is 22.7. The van der Waals surface area contributed by atoms with Gasteiger partial charge in [-0.1, -0.05) is 0 Å². The van der Waals surface area contributed by atoms with E-state index in [0.29, 0.717) is 30.2 Å². The zero-order valence-corrected chi connectivity index (χ0v) is 18.5. The molecule has 32 heavy (non-hydrogen) atoms. The fourth-order valence-electron chi connectivity index (χ4n) is 3.61. The standard InChI is InChI=1S/C23H26N6O3/c1-24-5-6-25-23(30)19-10-20-21(27-28-22(20)15-12-26-29(2)13-15)11-18(19)14-7-16(31-3)9-17(8-14)32-4/h7-13,24H,5-6H2,1-4H3,(H,25,30)(H,27,28). The van der Waals surface area contributed by atoms with Gasteiger partial charge in [-0.15, -0.1) is 0 Å². The molecule has 2 heterocycles. The van der Waals surface area contributed by atoms with Crippen LogP contribution in [0.5, 0.6) is 11.5 Å². The summed E-state index contributed by atoms with van der Waals surface area (Å²) in [6.45, 7) is 1.18. The van der Waals surface area contributed by atoms with Crippen molar-refractivity contribution in [3.8, 4) is 33.9 Å². The van der Waals surface area contributed by atoms with Crippen LogP contribution in [0.3, 0.4) is 0 Å². The summed E-state index contributed by atoms with van der Waals surface area (Å²) < 4.78 is 12.6. The highest BCUT2D eigenvalue weighted by Crippen LogP contribution is 2.36. The first kappa shape index (κ1) is 21.4. The molecule has 2 aromatic carbocycles. The number of amides is 1. The topological polar surface area (TPSA) is 106 Å². The lowest BCUT2D eigenvalue weighted by atomic mass is 9.95. The maximum absolute atomic E-state index is 13.2. The van der Waals surface area contributed by atoms with Crippen LogP contribution in [0.25, 0.3) is 33.3 Å². The van der Waals surface area contributed by atoms with E-state index in [1.54, 1.807) is 31.2 Å². The van der Waals surface area contributed by atoms with Crippen molar-refractivity contribution in [3.05, 3.63) is 48.3 Å². The number of aromatic nitrogens is 4. The van der Waals surface area contributed by atoms with Crippen molar-refractivity contribution in [2.75, 3.05) is 34.4 Å². The molecular formula is C23H26N6O3. The number of carbonyl (C=O) groups excluding carboxylic acids is 1. The summed E-state index contributed by atoms with van der Waals surface area (Å²) in [5.41, 5.74) is 4.52. The number of H-pyrrole nitrogens is 1. The molecule has 166 valence electrons. The number of hydrogen-bond donors (Lipinski definition) is 3. The predicted molar refractivity (Wildman–Crippen MR) is 123 cm³/mol. The van der Waals surface area contributed by atoms with Crippen LogP contribution in [0.1, 0.15) is 10.4 Å². The van der Waals surface area contributed by atoms with Crippen molar-refractivity contribution in [1.29, 1.82) is 0 Å². The van der Waals surface area contributed by atoms with Gasteiger partial charge in [0.25, 0.3) is 5.91 Å². The fraction of sp³-hybridized carbons (Fsp3) is 0.261. The number of ether oxygens (including phenoxy) is 2. The van der Waals surface area contributed by atoms with Crippen LogP contribution in [0.15, 0.2) is 42.7 Å². The molecule has 2 aromatic heterocycles. The lowest BCUT2D eigenvalue weighted by molar-refractivity contribution is 0.0955. The fourth-order valence-corrected chi connectivity index (χ4v) is 3.61. The number of fused-ring (bicyclic) bond motifs is 1. The van der Waals surface area contributed by atoms with E-state index in [4.69, 9.17) is 9.47 Å². The van der Waals surface area contributed by atoms with Crippen molar-refractivity contribution in [3.63, 3.8) is 0 Å². The molecule has 0 saturated heterocycles. The van der Waals surface area contributed by atoms with E-state index in [9.17, 15) is 4.79 Å². The van der Waals surface area contributed by atoms with E-state index in [1.165, 1.54) is 0 Å². The van der Waals surface area contributed by atoms with E-state index in [0.717, 1.165) is 33.3 Å². The predicted octanol–water partition coefficient (Wildman–Crippen LogP) is 2.60. The van der Waals surface area contributed by atoms with Crippen LogP contribution < -0.4 is 20.1 Å². The lowest BCUT2D eigenvalue weighted by Gasteiger charge is -2.14. The average Bonchev–Trinajstić information content (AvgIpc) is 3.43. The Morgan fingerprint density at radius 3 is 2.44 bits per heavy atom. The molecule has 1 amide bonds. The highest BCUT2D eigenvalue weighted by atomic mass is 16.5. The first-order valence-corrected chi connectivity index (χ1v) is 10.2. The molecule has 0 atom stereocenters. The van der Waals surface area contributed by atoms with Crippen molar-refractivity contribution in [1.82, 2.24) is 30.6 Å². The Kier molecular flexibility index (Phi) is 6.09. The molecule has 0 fully saturated rings. The Labute approximate surface area is 185 Å². The number of methoxy groups -OCH3 is 2. The van der Waals surface area contributed by atoms with Gasteiger partial charge in [0.15, 0.2) is 0 Å². The molecule has 0 aliphatic heterocycles. The molecule has 9 nitrogen and oxygen atoms in total. The molecular weight excluding hydrogens is 408 g/mol. The summed E-state index contributed by atoms with van der Waals surface area (Å²) >= 11 is 0. The summed E-state index contributed by atoms with van der Waals surface area (Å²) in [5, 5.41) is 18.7.